The van der Waals surface area contributed by atoms with Gasteiger partial charge in [0.05, 0.1) is 18.5 Å². The molecule has 1 aliphatic rings. The normalized spacial score (nSPS) is 14.3. The summed E-state index contributed by atoms with van der Waals surface area (Å²) in [7, 11) is 1.58. The molecule has 0 aliphatic carbocycles. The molecule has 0 bridgehead atoms. The molecule has 68 valence electrons. The molecule has 3 nitrogen and oxygen atoms in total. The first kappa shape index (κ1) is 8.41. The first-order valence-electron chi connectivity index (χ1n) is 3.82. The van der Waals surface area contributed by atoms with Crippen molar-refractivity contribution in [3.63, 3.8) is 0 Å². The number of hydrogen-bond acceptors (Lipinski definition) is 3. The van der Waals surface area contributed by atoms with Gasteiger partial charge >= 0.3 is 0 Å². The van der Waals surface area contributed by atoms with Crippen LogP contribution in [0.4, 0.5) is 5.69 Å². The number of hydrazine groups is 1. The maximum absolute atomic E-state index is 5.85. The number of hydrogen-bond donors (Lipinski definition) is 1. The van der Waals surface area contributed by atoms with Gasteiger partial charge in [0.25, 0.3) is 0 Å². The van der Waals surface area contributed by atoms with Crippen molar-refractivity contribution in [2.75, 3.05) is 12.5 Å². The zero-order valence-electron chi connectivity index (χ0n) is 7.17. The topological polar surface area (TPSA) is 24.5 Å². The zero-order chi connectivity index (χ0) is 9.42. The van der Waals surface area contributed by atoms with E-state index in [1.165, 1.54) is 5.17 Å². The largest absolute Gasteiger partial charge is 0.274 e. The summed E-state index contributed by atoms with van der Waals surface area (Å²) in [5.74, 6) is 0. The van der Waals surface area contributed by atoms with E-state index < -0.39 is 0 Å². The summed E-state index contributed by atoms with van der Waals surface area (Å²) in [5.41, 5.74) is 5.70. The number of halogens is 1. The van der Waals surface area contributed by atoms with E-state index in [-0.39, 0.29) is 0 Å². The van der Waals surface area contributed by atoms with Gasteiger partial charge in [-0.05, 0) is 18.2 Å². The van der Waals surface area contributed by atoms with Gasteiger partial charge in [0.1, 0.15) is 0 Å². The van der Waals surface area contributed by atoms with Crippen LogP contribution in [0.3, 0.4) is 0 Å². The molecule has 0 radical (unpaired) electrons. The van der Waals surface area contributed by atoms with E-state index in [0.29, 0.717) is 5.02 Å². The van der Waals surface area contributed by atoms with Crippen molar-refractivity contribution in [2.45, 2.75) is 0 Å². The van der Waals surface area contributed by atoms with Crippen molar-refractivity contribution < 1.29 is 4.84 Å². The smallest absolute Gasteiger partial charge is 0.0901 e. The highest BCUT2D eigenvalue weighted by Gasteiger charge is 2.21. The van der Waals surface area contributed by atoms with Gasteiger partial charge in [0.2, 0.25) is 0 Å². The maximum Gasteiger partial charge on any atom is 0.0901 e. The third kappa shape index (κ3) is 1.26. The van der Waals surface area contributed by atoms with Gasteiger partial charge < -0.3 is 0 Å². The van der Waals surface area contributed by atoms with Crippen molar-refractivity contribution in [1.82, 2.24) is 5.17 Å². The van der Waals surface area contributed by atoms with E-state index in [2.05, 4.69) is 12.0 Å². The summed E-state index contributed by atoms with van der Waals surface area (Å²) in [6.45, 7) is 3.87. The van der Waals surface area contributed by atoms with Gasteiger partial charge in [0, 0.05) is 10.6 Å². The molecule has 1 aromatic carbocycles. The highest BCUT2D eigenvalue weighted by molar-refractivity contribution is 6.30. The van der Waals surface area contributed by atoms with Crippen molar-refractivity contribution in [3.8, 4) is 0 Å². The average molecular weight is 197 g/mol. The van der Waals surface area contributed by atoms with Crippen LogP contribution < -0.4 is 5.43 Å². The minimum absolute atomic E-state index is 0.694. The Morgan fingerprint density at radius 2 is 2.31 bits per heavy atom. The molecule has 4 heteroatoms. The standard InChI is InChI=1S/C9H9ClN2O/c1-6-8-5-7(10)3-4-9(8)11-12(6)13-2/h3-5,11H,1H2,2H3. The van der Waals surface area contributed by atoms with Gasteiger partial charge in [0.15, 0.2) is 0 Å². The van der Waals surface area contributed by atoms with Crippen molar-refractivity contribution in [1.29, 1.82) is 0 Å². The van der Waals surface area contributed by atoms with E-state index in [1.807, 2.05) is 18.2 Å². The molecule has 0 saturated heterocycles. The average Bonchev–Trinajstić information content (AvgIpc) is 2.44. The minimum Gasteiger partial charge on any atom is -0.274 e. The van der Waals surface area contributed by atoms with Crippen LogP contribution in [0.1, 0.15) is 5.56 Å². The van der Waals surface area contributed by atoms with Crippen molar-refractivity contribution >= 4 is 23.0 Å². The molecule has 0 saturated carbocycles. The number of nitrogens with one attached hydrogen (secondary N) is 1. The van der Waals surface area contributed by atoms with Crippen LogP contribution in [0.25, 0.3) is 5.70 Å². The molecular formula is C9H9ClN2O. The highest BCUT2D eigenvalue weighted by Crippen LogP contribution is 2.34. The van der Waals surface area contributed by atoms with Crippen LogP contribution in [0, 0.1) is 0 Å². The first-order chi connectivity index (χ1) is 6.22. The number of hydroxylamine groups is 1. The number of fused-ring (bicyclic) bond motifs is 1. The van der Waals surface area contributed by atoms with Gasteiger partial charge in [-0.15, -0.1) is 0 Å². The van der Waals surface area contributed by atoms with E-state index in [1.54, 1.807) is 7.11 Å². The summed E-state index contributed by atoms with van der Waals surface area (Å²) in [5, 5.41) is 2.20. The second-order valence-corrected chi connectivity index (χ2v) is 3.16. The number of anilines is 1. The Morgan fingerprint density at radius 1 is 1.54 bits per heavy atom. The third-order valence-electron chi connectivity index (χ3n) is 1.94. The predicted octanol–water partition coefficient (Wildman–Crippen LogP) is 2.51. The van der Waals surface area contributed by atoms with E-state index in [0.717, 1.165) is 16.9 Å². The quantitative estimate of drug-likeness (QED) is 0.747. The molecule has 13 heavy (non-hydrogen) atoms. The van der Waals surface area contributed by atoms with Crippen molar-refractivity contribution in [3.05, 3.63) is 35.4 Å². The van der Waals surface area contributed by atoms with Crippen molar-refractivity contribution in [2.24, 2.45) is 0 Å². The fourth-order valence-corrected chi connectivity index (χ4v) is 1.47. The number of rotatable bonds is 1. The molecule has 0 atom stereocenters. The Balaban J connectivity index is 2.45. The Hall–Kier alpha value is -1.19. The second kappa shape index (κ2) is 2.94. The molecule has 1 heterocycles. The Morgan fingerprint density at radius 3 is 3.00 bits per heavy atom. The summed E-state index contributed by atoms with van der Waals surface area (Å²) in [6, 6.07) is 5.56. The molecule has 0 spiro atoms. The maximum atomic E-state index is 5.85. The summed E-state index contributed by atoms with van der Waals surface area (Å²) < 4.78 is 0. The lowest BCUT2D eigenvalue weighted by Gasteiger charge is -2.14. The van der Waals surface area contributed by atoms with Crippen LogP contribution in [-0.4, -0.2) is 12.3 Å². The Bertz CT molecular complexity index is 365. The van der Waals surface area contributed by atoms with Crippen LogP contribution in [0.15, 0.2) is 24.8 Å². The highest BCUT2D eigenvalue weighted by atomic mass is 35.5. The lowest BCUT2D eigenvalue weighted by molar-refractivity contribution is -0.0494. The third-order valence-corrected chi connectivity index (χ3v) is 2.18. The summed E-state index contributed by atoms with van der Waals surface area (Å²) >= 11 is 5.85. The second-order valence-electron chi connectivity index (χ2n) is 2.73. The molecule has 1 N–H and O–H groups in total. The molecule has 1 aliphatic heterocycles. The Kier molecular flexibility index (Phi) is 1.90. The summed E-state index contributed by atoms with van der Waals surface area (Å²) in [6.07, 6.45) is 0. The minimum atomic E-state index is 0.694. The van der Waals surface area contributed by atoms with Crippen LogP contribution in [0.2, 0.25) is 5.02 Å². The van der Waals surface area contributed by atoms with Gasteiger partial charge in [-0.3, -0.25) is 10.3 Å². The molecule has 2 rings (SSSR count). The first-order valence-corrected chi connectivity index (χ1v) is 4.20. The fraction of sp³-hybridized carbons (Fsp3) is 0.111. The zero-order valence-corrected chi connectivity index (χ0v) is 7.93. The number of nitrogens with zero attached hydrogens (tertiary/aromatic N) is 1. The molecule has 0 amide bonds. The SMILES string of the molecule is C=C1c2cc(Cl)ccc2NN1OC. The van der Waals surface area contributed by atoms with E-state index >= 15 is 0 Å². The monoisotopic (exact) mass is 196 g/mol. The van der Waals surface area contributed by atoms with Gasteiger partial charge in [-0.1, -0.05) is 18.2 Å². The Labute approximate surface area is 81.5 Å². The molecular weight excluding hydrogens is 188 g/mol. The molecule has 0 unspecified atom stereocenters. The van der Waals surface area contributed by atoms with Crippen LogP contribution >= 0.6 is 11.6 Å². The van der Waals surface area contributed by atoms with Gasteiger partial charge in [-0.2, -0.15) is 5.17 Å². The fourth-order valence-electron chi connectivity index (χ4n) is 1.29. The van der Waals surface area contributed by atoms with E-state index in [9.17, 15) is 0 Å². The lowest BCUT2D eigenvalue weighted by Crippen LogP contribution is -2.20. The molecule has 0 fully saturated rings. The predicted molar refractivity (Wildman–Crippen MR) is 53.0 cm³/mol. The van der Waals surface area contributed by atoms with Crippen LogP contribution in [0.5, 0.6) is 0 Å². The van der Waals surface area contributed by atoms with E-state index in [4.69, 9.17) is 16.4 Å². The lowest BCUT2D eigenvalue weighted by atomic mass is 10.1. The van der Waals surface area contributed by atoms with Gasteiger partial charge in [-0.25, -0.2) is 0 Å². The van der Waals surface area contributed by atoms with Crippen LogP contribution in [-0.2, 0) is 4.84 Å². The molecule has 1 aromatic rings. The molecule has 0 aromatic heterocycles. The number of benzene rings is 1. The summed E-state index contributed by atoms with van der Waals surface area (Å²) in [4.78, 5) is 5.03.